The van der Waals surface area contributed by atoms with Crippen LogP contribution in [0, 0.1) is 5.41 Å². The zero-order valence-corrected chi connectivity index (χ0v) is 13.4. The molecule has 0 nitrogen and oxygen atoms in total. The first-order chi connectivity index (χ1) is 7.68. The molecule has 0 fully saturated rings. The first kappa shape index (κ1) is 13.0. The summed E-state index contributed by atoms with van der Waals surface area (Å²) in [6.45, 7) is 2.35. The van der Waals surface area contributed by atoms with Crippen molar-refractivity contribution in [2.75, 3.05) is 16.4 Å². The lowest BCUT2D eigenvalue weighted by Crippen LogP contribution is -2.23. The third-order valence-electron chi connectivity index (χ3n) is 3.18. The molecule has 0 spiro atoms. The molecule has 2 rings (SSSR count). The third-order valence-corrected chi connectivity index (χ3v) is 7.14. The van der Waals surface area contributed by atoms with Gasteiger partial charge in [0, 0.05) is 21.3 Å². The molecule has 1 aromatic carbocycles. The number of alkyl halides is 2. The Bertz CT molecular complexity index is 361. The molecule has 0 radical (unpaired) electrons. The molecular formula is C13H16Br2S. The van der Waals surface area contributed by atoms with Crippen molar-refractivity contribution >= 4 is 43.6 Å². The summed E-state index contributed by atoms with van der Waals surface area (Å²) in [5.74, 6) is 1.97. The summed E-state index contributed by atoms with van der Waals surface area (Å²) in [6.07, 6.45) is 1.26. The van der Waals surface area contributed by atoms with Crippen molar-refractivity contribution in [2.24, 2.45) is 5.41 Å². The molecule has 88 valence electrons. The molecule has 0 aromatic heterocycles. The van der Waals surface area contributed by atoms with Crippen LogP contribution in [-0.2, 0) is 0 Å². The van der Waals surface area contributed by atoms with E-state index in [2.05, 4.69) is 63.0 Å². The molecule has 1 atom stereocenters. The second kappa shape index (κ2) is 5.45. The summed E-state index contributed by atoms with van der Waals surface area (Å²) in [4.78, 5) is 1.49. The maximum absolute atomic E-state index is 3.64. The van der Waals surface area contributed by atoms with Crippen LogP contribution in [0.2, 0.25) is 0 Å². The highest BCUT2D eigenvalue weighted by molar-refractivity contribution is 9.09. The van der Waals surface area contributed by atoms with Gasteiger partial charge in [0.25, 0.3) is 0 Å². The van der Waals surface area contributed by atoms with Crippen LogP contribution in [0.3, 0.4) is 0 Å². The second-order valence-corrected chi connectivity index (χ2v) is 7.01. The van der Waals surface area contributed by atoms with Gasteiger partial charge in [-0.1, -0.05) is 57.0 Å². The smallest absolute Gasteiger partial charge is 0.0107 e. The second-order valence-electron chi connectivity index (χ2n) is 4.83. The molecule has 0 saturated carbocycles. The third kappa shape index (κ3) is 2.68. The van der Waals surface area contributed by atoms with Crippen LogP contribution in [0.5, 0.6) is 0 Å². The van der Waals surface area contributed by atoms with E-state index in [1.165, 1.54) is 17.1 Å². The van der Waals surface area contributed by atoms with Crippen LogP contribution < -0.4 is 0 Å². The van der Waals surface area contributed by atoms with Gasteiger partial charge >= 0.3 is 0 Å². The van der Waals surface area contributed by atoms with Crippen molar-refractivity contribution in [1.82, 2.24) is 0 Å². The van der Waals surface area contributed by atoms with Gasteiger partial charge in [0.1, 0.15) is 0 Å². The Labute approximate surface area is 119 Å². The molecule has 0 aliphatic carbocycles. The SMILES string of the molecule is CC(CBr)(CBr)CC1CSc2ccccc21. The van der Waals surface area contributed by atoms with E-state index in [-0.39, 0.29) is 0 Å². The number of hydrogen-bond acceptors (Lipinski definition) is 1. The zero-order valence-electron chi connectivity index (χ0n) is 9.38. The van der Waals surface area contributed by atoms with Gasteiger partial charge < -0.3 is 0 Å². The van der Waals surface area contributed by atoms with Crippen molar-refractivity contribution in [2.45, 2.75) is 24.2 Å². The molecule has 1 heterocycles. The number of thioether (sulfide) groups is 1. The van der Waals surface area contributed by atoms with Crippen LogP contribution in [0.1, 0.15) is 24.8 Å². The Morgan fingerprint density at radius 1 is 1.31 bits per heavy atom. The lowest BCUT2D eigenvalue weighted by Gasteiger charge is -2.28. The molecule has 1 aliphatic heterocycles. The molecule has 16 heavy (non-hydrogen) atoms. The highest BCUT2D eigenvalue weighted by Gasteiger charge is 2.31. The molecule has 0 saturated heterocycles. The Morgan fingerprint density at radius 2 is 2.00 bits per heavy atom. The van der Waals surface area contributed by atoms with Crippen molar-refractivity contribution in [3.8, 4) is 0 Å². The van der Waals surface area contributed by atoms with Gasteiger partial charge in [-0.2, -0.15) is 0 Å². The fraction of sp³-hybridized carbons (Fsp3) is 0.538. The van der Waals surface area contributed by atoms with Gasteiger partial charge in [0.15, 0.2) is 0 Å². The summed E-state index contributed by atoms with van der Waals surface area (Å²) >= 11 is 9.29. The molecule has 1 unspecified atom stereocenters. The summed E-state index contributed by atoms with van der Waals surface area (Å²) in [6, 6.07) is 8.85. The first-order valence-electron chi connectivity index (χ1n) is 5.52. The molecule has 3 heteroatoms. The molecular weight excluding hydrogens is 348 g/mol. The standard InChI is InChI=1S/C13H16Br2S/c1-13(8-14,9-15)6-10-7-16-12-5-3-2-4-11(10)12/h2-5,10H,6-9H2,1H3. The minimum atomic E-state index is 0.364. The maximum Gasteiger partial charge on any atom is 0.0107 e. The predicted octanol–water partition coefficient (Wildman–Crippen LogP) is 5.06. The monoisotopic (exact) mass is 362 g/mol. The van der Waals surface area contributed by atoms with E-state index < -0.39 is 0 Å². The lowest BCUT2D eigenvalue weighted by molar-refractivity contribution is 0.373. The zero-order chi connectivity index (χ0) is 11.6. The number of fused-ring (bicyclic) bond motifs is 1. The summed E-state index contributed by atoms with van der Waals surface area (Å²) in [5.41, 5.74) is 1.92. The fourth-order valence-electron chi connectivity index (χ4n) is 2.14. The van der Waals surface area contributed by atoms with Crippen LogP contribution in [0.15, 0.2) is 29.2 Å². The number of halogens is 2. The maximum atomic E-state index is 3.64. The van der Waals surface area contributed by atoms with Crippen LogP contribution in [-0.4, -0.2) is 16.4 Å². The van der Waals surface area contributed by atoms with Gasteiger partial charge in [-0.25, -0.2) is 0 Å². The minimum absolute atomic E-state index is 0.364. The van der Waals surface area contributed by atoms with Crippen LogP contribution in [0.4, 0.5) is 0 Å². The number of hydrogen-bond donors (Lipinski definition) is 0. The van der Waals surface area contributed by atoms with E-state index in [0.29, 0.717) is 5.41 Å². The quantitative estimate of drug-likeness (QED) is 0.673. The normalized spacial score (nSPS) is 19.8. The van der Waals surface area contributed by atoms with Crippen LogP contribution in [0.25, 0.3) is 0 Å². The van der Waals surface area contributed by atoms with Gasteiger partial charge in [0.2, 0.25) is 0 Å². The van der Waals surface area contributed by atoms with Gasteiger partial charge in [-0.3, -0.25) is 0 Å². The van der Waals surface area contributed by atoms with E-state index in [9.17, 15) is 0 Å². The largest absolute Gasteiger partial charge is 0.125 e. The van der Waals surface area contributed by atoms with E-state index in [0.717, 1.165) is 16.6 Å². The highest BCUT2D eigenvalue weighted by atomic mass is 79.9. The molecule has 1 aromatic rings. The summed E-state index contributed by atoms with van der Waals surface area (Å²) in [7, 11) is 0. The average Bonchev–Trinajstić information content (AvgIpc) is 2.73. The molecule has 1 aliphatic rings. The Morgan fingerprint density at radius 3 is 2.69 bits per heavy atom. The summed E-state index contributed by atoms with van der Waals surface area (Å²) < 4.78 is 0. The van der Waals surface area contributed by atoms with Crippen LogP contribution >= 0.6 is 43.6 Å². The molecule has 0 N–H and O–H groups in total. The van der Waals surface area contributed by atoms with E-state index in [1.807, 2.05) is 11.8 Å². The number of benzene rings is 1. The van der Waals surface area contributed by atoms with Gasteiger partial charge in [0.05, 0.1) is 0 Å². The fourth-order valence-corrected chi connectivity index (χ4v) is 4.78. The highest BCUT2D eigenvalue weighted by Crippen LogP contribution is 2.45. The Kier molecular flexibility index (Phi) is 4.42. The first-order valence-corrected chi connectivity index (χ1v) is 8.75. The summed E-state index contributed by atoms with van der Waals surface area (Å²) in [5, 5.41) is 2.13. The Balaban J connectivity index is 2.14. The minimum Gasteiger partial charge on any atom is -0.125 e. The Hall–Kier alpha value is 0.530. The number of rotatable bonds is 4. The van der Waals surface area contributed by atoms with Crippen molar-refractivity contribution in [1.29, 1.82) is 0 Å². The van der Waals surface area contributed by atoms with Crippen molar-refractivity contribution in [3.63, 3.8) is 0 Å². The van der Waals surface area contributed by atoms with Crippen molar-refractivity contribution in [3.05, 3.63) is 29.8 Å². The molecule has 0 bridgehead atoms. The van der Waals surface area contributed by atoms with E-state index in [4.69, 9.17) is 0 Å². The lowest BCUT2D eigenvalue weighted by atomic mass is 9.82. The van der Waals surface area contributed by atoms with E-state index >= 15 is 0 Å². The van der Waals surface area contributed by atoms with Gasteiger partial charge in [-0.15, -0.1) is 11.8 Å². The molecule has 0 amide bonds. The topological polar surface area (TPSA) is 0 Å². The van der Waals surface area contributed by atoms with Crippen molar-refractivity contribution < 1.29 is 0 Å². The van der Waals surface area contributed by atoms with Gasteiger partial charge in [-0.05, 0) is 29.4 Å². The predicted molar refractivity (Wildman–Crippen MR) is 80.2 cm³/mol. The van der Waals surface area contributed by atoms with E-state index in [1.54, 1.807) is 5.56 Å². The average molecular weight is 364 g/mol.